The molecule has 1 heterocycles. The summed E-state index contributed by atoms with van der Waals surface area (Å²) in [6, 6.07) is 6.11. The Bertz CT molecular complexity index is 826. The first kappa shape index (κ1) is 20.6. The topological polar surface area (TPSA) is 39.2 Å². The maximum absolute atomic E-state index is 13.3. The second-order valence-corrected chi connectivity index (χ2v) is 7.48. The minimum absolute atomic E-state index is 0.0209. The van der Waals surface area contributed by atoms with Crippen molar-refractivity contribution in [1.82, 2.24) is 4.98 Å². The van der Waals surface area contributed by atoms with E-state index in [0.717, 1.165) is 43.7 Å². The maximum atomic E-state index is 13.3. The molecule has 0 saturated heterocycles. The number of hydrogen-bond donors (Lipinski definition) is 0. The van der Waals surface area contributed by atoms with E-state index in [4.69, 9.17) is 4.74 Å². The van der Waals surface area contributed by atoms with Gasteiger partial charge in [0.25, 0.3) is 0 Å². The molecule has 0 amide bonds. The van der Waals surface area contributed by atoms with E-state index >= 15 is 0 Å². The molecule has 1 unspecified atom stereocenters. The summed E-state index contributed by atoms with van der Waals surface area (Å²) in [5.41, 5.74) is 0.264. The summed E-state index contributed by atoms with van der Waals surface area (Å²) < 4.78 is 45.2. The van der Waals surface area contributed by atoms with E-state index < -0.39 is 11.7 Å². The molecule has 6 heteroatoms. The van der Waals surface area contributed by atoms with Crippen LogP contribution in [0, 0.1) is 11.8 Å². The lowest BCUT2D eigenvalue weighted by Gasteiger charge is -2.33. The van der Waals surface area contributed by atoms with Crippen LogP contribution in [-0.2, 0) is 15.7 Å². The van der Waals surface area contributed by atoms with Gasteiger partial charge in [-0.25, -0.2) is 0 Å². The third-order valence-electron chi connectivity index (χ3n) is 5.92. The van der Waals surface area contributed by atoms with Crippen LogP contribution in [-0.4, -0.2) is 17.6 Å². The third-order valence-corrected chi connectivity index (χ3v) is 5.92. The number of halogens is 3. The molecule has 28 heavy (non-hydrogen) atoms. The molecule has 0 N–H and O–H groups in total. The Morgan fingerprint density at radius 1 is 1.18 bits per heavy atom. The summed E-state index contributed by atoms with van der Waals surface area (Å²) in [6.07, 6.45) is 1.28. The number of ether oxygens (including phenoxy) is 1. The fraction of sp³-hybridized carbons (Fsp3) is 0.545. The lowest BCUT2D eigenvalue weighted by atomic mass is 9.72. The smallest absolute Gasteiger partial charge is 0.418 e. The monoisotopic (exact) mass is 393 g/mol. The fourth-order valence-electron chi connectivity index (χ4n) is 4.56. The van der Waals surface area contributed by atoms with Gasteiger partial charge in [-0.05, 0) is 68.6 Å². The zero-order chi connectivity index (χ0) is 20.3. The summed E-state index contributed by atoms with van der Waals surface area (Å²) in [7, 11) is 0. The van der Waals surface area contributed by atoms with E-state index in [1.165, 1.54) is 12.3 Å². The molecule has 0 aliphatic heterocycles. The lowest BCUT2D eigenvalue weighted by Crippen LogP contribution is -2.28. The second-order valence-electron chi connectivity index (χ2n) is 7.48. The van der Waals surface area contributed by atoms with Gasteiger partial charge >= 0.3 is 12.1 Å². The van der Waals surface area contributed by atoms with Gasteiger partial charge in [0.1, 0.15) is 0 Å². The zero-order valence-electron chi connectivity index (χ0n) is 16.3. The van der Waals surface area contributed by atoms with Crippen molar-refractivity contribution in [2.45, 2.75) is 58.0 Å². The van der Waals surface area contributed by atoms with Crippen molar-refractivity contribution in [3.05, 3.63) is 41.6 Å². The van der Waals surface area contributed by atoms with Crippen LogP contribution in [0.25, 0.3) is 10.9 Å². The number of esters is 1. The molecule has 0 spiro atoms. The minimum Gasteiger partial charge on any atom is -0.466 e. The first-order chi connectivity index (χ1) is 13.4. The highest BCUT2D eigenvalue weighted by atomic mass is 19.4. The number of para-hydroxylation sites is 1. The molecule has 1 fully saturated rings. The van der Waals surface area contributed by atoms with Gasteiger partial charge < -0.3 is 4.74 Å². The Morgan fingerprint density at radius 3 is 2.50 bits per heavy atom. The van der Waals surface area contributed by atoms with Crippen molar-refractivity contribution in [1.29, 1.82) is 0 Å². The molecule has 1 aliphatic rings. The average Bonchev–Trinajstić information content (AvgIpc) is 2.68. The molecule has 1 atom stereocenters. The summed E-state index contributed by atoms with van der Waals surface area (Å²) in [5, 5.41) is 0.582. The summed E-state index contributed by atoms with van der Waals surface area (Å²) in [6.45, 7) is 4.20. The van der Waals surface area contributed by atoms with Gasteiger partial charge in [0.2, 0.25) is 0 Å². The van der Waals surface area contributed by atoms with Gasteiger partial charge in [0, 0.05) is 11.6 Å². The van der Waals surface area contributed by atoms with E-state index in [1.54, 1.807) is 6.07 Å². The third kappa shape index (κ3) is 4.15. The van der Waals surface area contributed by atoms with Gasteiger partial charge in [-0.3, -0.25) is 9.78 Å². The SMILES string of the molecule is CCOC(=O)C(CC)C1CCC(c2ccnc3c(C(F)(F)F)cccc23)CC1. The van der Waals surface area contributed by atoms with Crippen LogP contribution in [0.1, 0.15) is 63.0 Å². The quantitative estimate of drug-likeness (QED) is 0.575. The number of fused-ring (bicyclic) bond motifs is 1. The molecule has 2 aromatic rings. The number of alkyl halides is 3. The van der Waals surface area contributed by atoms with Gasteiger partial charge in [0.05, 0.1) is 23.6 Å². The van der Waals surface area contributed by atoms with Crippen molar-refractivity contribution in [2.24, 2.45) is 11.8 Å². The van der Waals surface area contributed by atoms with Crippen molar-refractivity contribution in [3.63, 3.8) is 0 Å². The number of carbonyl (C=O) groups excluding carboxylic acids is 1. The predicted octanol–water partition coefficient (Wildman–Crippen LogP) is 6.12. The van der Waals surface area contributed by atoms with E-state index in [2.05, 4.69) is 4.98 Å². The molecule has 1 aromatic carbocycles. The largest absolute Gasteiger partial charge is 0.466 e. The summed E-state index contributed by atoms with van der Waals surface area (Å²) >= 11 is 0. The minimum atomic E-state index is -4.42. The Morgan fingerprint density at radius 2 is 1.89 bits per heavy atom. The summed E-state index contributed by atoms with van der Waals surface area (Å²) in [5.74, 6) is 0.244. The standard InChI is InChI=1S/C22H26F3NO2/c1-3-16(21(27)28-4-2)14-8-10-15(11-9-14)17-12-13-26-20-18(17)6-5-7-19(20)22(23,24)25/h5-7,12-16H,3-4,8-11H2,1-2H3. The predicted molar refractivity (Wildman–Crippen MR) is 102 cm³/mol. The Balaban J connectivity index is 1.81. The highest BCUT2D eigenvalue weighted by Crippen LogP contribution is 2.43. The normalized spacial score (nSPS) is 21.5. The van der Waals surface area contributed by atoms with E-state index in [1.807, 2.05) is 19.9 Å². The molecule has 0 bridgehead atoms. The van der Waals surface area contributed by atoms with Gasteiger partial charge in [-0.1, -0.05) is 19.1 Å². The lowest BCUT2D eigenvalue weighted by molar-refractivity contribution is -0.150. The Hall–Kier alpha value is -2.11. The van der Waals surface area contributed by atoms with Crippen molar-refractivity contribution in [2.75, 3.05) is 6.61 Å². The maximum Gasteiger partial charge on any atom is 0.418 e. The molecular formula is C22H26F3NO2. The van der Waals surface area contributed by atoms with Crippen LogP contribution in [0.5, 0.6) is 0 Å². The molecule has 152 valence electrons. The number of aromatic nitrogens is 1. The Labute approximate surface area is 163 Å². The van der Waals surface area contributed by atoms with Crippen molar-refractivity contribution in [3.8, 4) is 0 Å². The van der Waals surface area contributed by atoms with Gasteiger partial charge in [-0.2, -0.15) is 13.2 Å². The van der Waals surface area contributed by atoms with Gasteiger partial charge in [-0.15, -0.1) is 0 Å². The number of hydrogen-bond acceptors (Lipinski definition) is 3. The molecule has 0 radical (unpaired) electrons. The Kier molecular flexibility index (Phi) is 6.26. The van der Waals surface area contributed by atoms with Crippen LogP contribution >= 0.6 is 0 Å². The molecule has 1 saturated carbocycles. The van der Waals surface area contributed by atoms with Crippen LogP contribution < -0.4 is 0 Å². The number of rotatable bonds is 5. The summed E-state index contributed by atoms with van der Waals surface area (Å²) in [4.78, 5) is 16.2. The number of benzene rings is 1. The molecule has 3 rings (SSSR count). The van der Waals surface area contributed by atoms with E-state index in [0.29, 0.717) is 12.0 Å². The first-order valence-corrected chi connectivity index (χ1v) is 9.98. The highest BCUT2D eigenvalue weighted by Gasteiger charge is 2.35. The molecule has 1 aromatic heterocycles. The van der Waals surface area contributed by atoms with Crippen LogP contribution in [0.4, 0.5) is 13.2 Å². The molecular weight excluding hydrogens is 367 g/mol. The van der Waals surface area contributed by atoms with E-state index in [-0.39, 0.29) is 29.2 Å². The van der Waals surface area contributed by atoms with E-state index in [9.17, 15) is 18.0 Å². The van der Waals surface area contributed by atoms with Crippen molar-refractivity contribution >= 4 is 16.9 Å². The second kappa shape index (κ2) is 8.50. The number of carbonyl (C=O) groups is 1. The fourth-order valence-corrected chi connectivity index (χ4v) is 4.56. The zero-order valence-corrected chi connectivity index (χ0v) is 16.3. The molecule has 1 aliphatic carbocycles. The first-order valence-electron chi connectivity index (χ1n) is 9.98. The molecule has 3 nitrogen and oxygen atoms in total. The highest BCUT2D eigenvalue weighted by molar-refractivity contribution is 5.85. The number of pyridine rings is 1. The number of nitrogens with zero attached hydrogens (tertiary/aromatic N) is 1. The average molecular weight is 393 g/mol. The van der Waals surface area contributed by atoms with Crippen LogP contribution in [0.2, 0.25) is 0 Å². The van der Waals surface area contributed by atoms with Crippen LogP contribution in [0.3, 0.4) is 0 Å². The van der Waals surface area contributed by atoms with Crippen molar-refractivity contribution < 1.29 is 22.7 Å². The van der Waals surface area contributed by atoms with Gasteiger partial charge in [0.15, 0.2) is 0 Å². The van der Waals surface area contributed by atoms with Crippen LogP contribution in [0.15, 0.2) is 30.5 Å².